The highest BCUT2D eigenvalue weighted by Gasteiger charge is 2.13. The SMILES string of the molecule is Cc1ccc(CC2=CCc3cc(C)ccc32)cc1. The van der Waals surface area contributed by atoms with Crippen molar-refractivity contribution in [1.29, 1.82) is 0 Å². The molecule has 0 fully saturated rings. The molecule has 18 heavy (non-hydrogen) atoms. The second-order valence-corrected chi connectivity index (χ2v) is 5.26. The maximum absolute atomic E-state index is 2.38. The molecule has 0 saturated heterocycles. The fraction of sp³-hybridized carbons (Fsp3) is 0.222. The molecular formula is C18H18. The molecule has 0 atom stereocenters. The van der Waals surface area contributed by atoms with Crippen molar-refractivity contribution in [2.45, 2.75) is 26.7 Å². The Morgan fingerprint density at radius 1 is 0.889 bits per heavy atom. The van der Waals surface area contributed by atoms with Gasteiger partial charge in [0.1, 0.15) is 0 Å². The number of fused-ring (bicyclic) bond motifs is 1. The molecular weight excluding hydrogens is 216 g/mol. The van der Waals surface area contributed by atoms with Gasteiger partial charge < -0.3 is 0 Å². The van der Waals surface area contributed by atoms with Crippen molar-refractivity contribution in [2.24, 2.45) is 0 Å². The Morgan fingerprint density at radius 2 is 1.61 bits per heavy atom. The molecule has 0 unspecified atom stereocenters. The Bertz CT molecular complexity index is 600. The number of rotatable bonds is 2. The molecule has 90 valence electrons. The number of hydrogen-bond donors (Lipinski definition) is 0. The minimum Gasteiger partial charge on any atom is -0.0759 e. The molecule has 0 heterocycles. The van der Waals surface area contributed by atoms with E-state index >= 15 is 0 Å². The number of benzene rings is 2. The van der Waals surface area contributed by atoms with E-state index < -0.39 is 0 Å². The standard InChI is InChI=1S/C18H18/c1-13-3-6-15(7-4-13)12-17-9-8-16-11-14(2)5-10-18(16)17/h3-7,9-11H,8,12H2,1-2H3. The van der Waals surface area contributed by atoms with Crippen molar-refractivity contribution in [1.82, 2.24) is 0 Å². The third-order valence-electron chi connectivity index (χ3n) is 3.69. The van der Waals surface area contributed by atoms with E-state index in [-0.39, 0.29) is 0 Å². The minimum atomic E-state index is 1.05. The molecule has 0 aliphatic heterocycles. The predicted molar refractivity (Wildman–Crippen MR) is 77.7 cm³/mol. The van der Waals surface area contributed by atoms with Gasteiger partial charge in [-0.1, -0.05) is 59.7 Å². The second kappa shape index (κ2) is 4.45. The zero-order chi connectivity index (χ0) is 12.5. The second-order valence-electron chi connectivity index (χ2n) is 5.26. The predicted octanol–water partition coefficient (Wildman–Crippen LogP) is 4.49. The fourth-order valence-corrected chi connectivity index (χ4v) is 2.64. The molecule has 2 aromatic carbocycles. The largest absolute Gasteiger partial charge is 0.0759 e. The van der Waals surface area contributed by atoms with Crippen LogP contribution in [-0.4, -0.2) is 0 Å². The van der Waals surface area contributed by atoms with Crippen LogP contribution in [-0.2, 0) is 12.8 Å². The van der Waals surface area contributed by atoms with Gasteiger partial charge in [-0.3, -0.25) is 0 Å². The van der Waals surface area contributed by atoms with Gasteiger partial charge in [0.15, 0.2) is 0 Å². The molecule has 0 bridgehead atoms. The summed E-state index contributed by atoms with van der Waals surface area (Å²) in [4.78, 5) is 0. The highest BCUT2D eigenvalue weighted by atomic mass is 14.2. The van der Waals surface area contributed by atoms with Gasteiger partial charge in [-0.05, 0) is 49.0 Å². The highest BCUT2D eigenvalue weighted by Crippen LogP contribution is 2.30. The van der Waals surface area contributed by atoms with E-state index in [0.29, 0.717) is 0 Å². The lowest BCUT2D eigenvalue weighted by molar-refractivity contribution is 1.27. The smallest absolute Gasteiger partial charge is 0.00228 e. The van der Waals surface area contributed by atoms with Crippen molar-refractivity contribution in [2.75, 3.05) is 0 Å². The first-order valence-electron chi connectivity index (χ1n) is 6.57. The normalized spacial score (nSPS) is 13.3. The lowest BCUT2D eigenvalue weighted by Crippen LogP contribution is -1.90. The molecule has 0 N–H and O–H groups in total. The van der Waals surface area contributed by atoms with Crippen LogP contribution in [0.2, 0.25) is 0 Å². The molecule has 0 heteroatoms. The molecule has 0 saturated carbocycles. The average molecular weight is 234 g/mol. The van der Waals surface area contributed by atoms with Gasteiger partial charge >= 0.3 is 0 Å². The molecule has 2 aromatic rings. The van der Waals surface area contributed by atoms with Gasteiger partial charge in [0.2, 0.25) is 0 Å². The van der Waals surface area contributed by atoms with Gasteiger partial charge in [0, 0.05) is 0 Å². The summed E-state index contributed by atoms with van der Waals surface area (Å²) in [5.74, 6) is 0. The Labute approximate surface area is 109 Å². The zero-order valence-electron chi connectivity index (χ0n) is 11.0. The lowest BCUT2D eigenvalue weighted by Gasteiger charge is -2.07. The Kier molecular flexibility index (Phi) is 2.79. The van der Waals surface area contributed by atoms with E-state index in [1.165, 1.54) is 33.4 Å². The summed E-state index contributed by atoms with van der Waals surface area (Å²) >= 11 is 0. The lowest BCUT2D eigenvalue weighted by atomic mass is 9.98. The third kappa shape index (κ3) is 2.11. The van der Waals surface area contributed by atoms with Gasteiger partial charge in [-0.15, -0.1) is 0 Å². The first kappa shape index (κ1) is 11.3. The molecule has 0 amide bonds. The van der Waals surface area contributed by atoms with E-state index in [0.717, 1.165) is 12.8 Å². The summed E-state index contributed by atoms with van der Waals surface area (Å²) in [5.41, 5.74) is 8.50. The Morgan fingerprint density at radius 3 is 2.39 bits per heavy atom. The number of hydrogen-bond acceptors (Lipinski definition) is 0. The van der Waals surface area contributed by atoms with Crippen LogP contribution in [0.15, 0.2) is 48.5 Å². The van der Waals surface area contributed by atoms with Gasteiger partial charge in [-0.2, -0.15) is 0 Å². The molecule has 0 nitrogen and oxygen atoms in total. The molecule has 1 aliphatic rings. The van der Waals surface area contributed by atoms with Crippen LogP contribution in [0.3, 0.4) is 0 Å². The maximum Gasteiger partial charge on any atom is -0.00228 e. The summed E-state index contributed by atoms with van der Waals surface area (Å²) < 4.78 is 0. The van der Waals surface area contributed by atoms with Crippen molar-refractivity contribution in [3.8, 4) is 0 Å². The topological polar surface area (TPSA) is 0 Å². The van der Waals surface area contributed by atoms with Crippen molar-refractivity contribution < 1.29 is 0 Å². The molecule has 3 rings (SSSR count). The van der Waals surface area contributed by atoms with E-state index in [9.17, 15) is 0 Å². The Balaban J connectivity index is 1.86. The summed E-state index contributed by atoms with van der Waals surface area (Å²) in [6.45, 7) is 4.30. The van der Waals surface area contributed by atoms with Crippen LogP contribution in [0.5, 0.6) is 0 Å². The van der Waals surface area contributed by atoms with Crippen molar-refractivity contribution in [3.63, 3.8) is 0 Å². The van der Waals surface area contributed by atoms with Crippen LogP contribution in [0.1, 0.15) is 27.8 Å². The van der Waals surface area contributed by atoms with Crippen LogP contribution >= 0.6 is 0 Å². The number of allylic oxidation sites excluding steroid dienone is 2. The molecule has 0 radical (unpaired) electrons. The van der Waals surface area contributed by atoms with Gasteiger partial charge in [0.25, 0.3) is 0 Å². The van der Waals surface area contributed by atoms with Crippen LogP contribution in [0.25, 0.3) is 5.57 Å². The van der Waals surface area contributed by atoms with Gasteiger partial charge in [-0.25, -0.2) is 0 Å². The Hall–Kier alpha value is -1.82. The van der Waals surface area contributed by atoms with Crippen LogP contribution in [0.4, 0.5) is 0 Å². The third-order valence-corrected chi connectivity index (χ3v) is 3.69. The van der Waals surface area contributed by atoms with Crippen LogP contribution < -0.4 is 0 Å². The monoisotopic (exact) mass is 234 g/mol. The van der Waals surface area contributed by atoms with E-state index in [2.05, 4.69) is 62.4 Å². The molecule has 1 aliphatic carbocycles. The fourth-order valence-electron chi connectivity index (χ4n) is 2.64. The highest BCUT2D eigenvalue weighted by molar-refractivity contribution is 5.74. The van der Waals surface area contributed by atoms with Crippen molar-refractivity contribution in [3.05, 3.63) is 76.4 Å². The summed E-state index contributed by atoms with van der Waals surface area (Å²) in [6, 6.07) is 15.7. The average Bonchev–Trinajstić information content (AvgIpc) is 2.74. The van der Waals surface area contributed by atoms with Gasteiger partial charge in [0.05, 0.1) is 0 Å². The first-order valence-corrected chi connectivity index (χ1v) is 6.57. The van der Waals surface area contributed by atoms with Crippen LogP contribution in [0, 0.1) is 13.8 Å². The maximum atomic E-state index is 2.38. The number of aryl methyl sites for hydroxylation is 2. The van der Waals surface area contributed by atoms with E-state index in [1.54, 1.807) is 0 Å². The van der Waals surface area contributed by atoms with E-state index in [4.69, 9.17) is 0 Å². The summed E-state index contributed by atoms with van der Waals surface area (Å²) in [6.07, 6.45) is 4.53. The first-order chi connectivity index (χ1) is 8.72. The van der Waals surface area contributed by atoms with Crippen molar-refractivity contribution >= 4 is 5.57 Å². The quantitative estimate of drug-likeness (QED) is 0.718. The summed E-state index contributed by atoms with van der Waals surface area (Å²) in [7, 11) is 0. The molecule has 0 spiro atoms. The zero-order valence-corrected chi connectivity index (χ0v) is 11.0. The molecule has 0 aromatic heterocycles. The minimum absolute atomic E-state index is 1.05. The summed E-state index contributed by atoms with van der Waals surface area (Å²) in [5, 5.41) is 0. The van der Waals surface area contributed by atoms with E-state index in [1.807, 2.05) is 0 Å².